The van der Waals surface area contributed by atoms with Crippen LogP contribution < -0.4 is 4.90 Å². The standard InChI is InChI=1S/C48H30N2OS/c1-2-12-31(13-3-1)32-22-24-33(25-23-32)49(34-26-27-39-38-16-6-10-20-45(38)51-46(39)30-34)44-29-35(28-41-40-17-7-11-21-47(40)52-48(41)44)50-42-18-8-4-14-36(42)37-15-5-9-19-43(37)50/h1-30H. The number of aromatic nitrogens is 1. The van der Waals surface area contributed by atoms with Crippen LogP contribution in [0.4, 0.5) is 17.1 Å². The first kappa shape index (κ1) is 29.1. The maximum absolute atomic E-state index is 6.48. The summed E-state index contributed by atoms with van der Waals surface area (Å²) in [4.78, 5) is 2.41. The SMILES string of the molecule is c1ccc(-c2ccc(N(c3ccc4c(c3)oc3ccccc34)c3cc(-n4c5ccccc5c5ccccc54)cc4c3sc3ccccc34)cc2)cc1. The lowest BCUT2D eigenvalue weighted by Gasteiger charge is -2.27. The van der Waals surface area contributed by atoms with Gasteiger partial charge in [-0.1, -0.05) is 115 Å². The highest BCUT2D eigenvalue weighted by Gasteiger charge is 2.22. The zero-order valence-electron chi connectivity index (χ0n) is 28.0. The van der Waals surface area contributed by atoms with E-state index in [9.17, 15) is 0 Å². The van der Waals surface area contributed by atoms with E-state index in [-0.39, 0.29) is 0 Å². The minimum absolute atomic E-state index is 0.871. The van der Waals surface area contributed by atoms with Gasteiger partial charge in [0.15, 0.2) is 0 Å². The minimum Gasteiger partial charge on any atom is -0.456 e. The second-order valence-electron chi connectivity index (χ2n) is 13.3. The average Bonchev–Trinajstić information content (AvgIpc) is 3.88. The van der Waals surface area contributed by atoms with Crippen molar-refractivity contribution in [2.45, 2.75) is 0 Å². The number of thiophene rings is 1. The Bertz CT molecular complexity index is 3080. The van der Waals surface area contributed by atoms with Crippen molar-refractivity contribution < 1.29 is 4.42 Å². The molecule has 0 atom stereocenters. The van der Waals surface area contributed by atoms with Gasteiger partial charge in [-0.3, -0.25) is 0 Å². The topological polar surface area (TPSA) is 21.3 Å². The highest BCUT2D eigenvalue weighted by atomic mass is 32.1. The molecule has 0 bridgehead atoms. The Morgan fingerprint density at radius 1 is 0.423 bits per heavy atom. The third kappa shape index (κ3) is 4.45. The quantitative estimate of drug-likeness (QED) is 0.180. The fourth-order valence-electron chi connectivity index (χ4n) is 8.00. The maximum atomic E-state index is 6.48. The van der Waals surface area contributed by atoms with Gasteiger partial charge >= 0.3 is 0 Å². The molecule has 0 radical (unpaired) electrons. The predicted molar refractivity (Wildman–Crippen MR) is 221 cm³/mol. The predicted octanol–water partition coefficient (Wildman–Crippen LogP) is 14.2. The molecular weight excluding hydrogens is 653 g/mol. The summed E-state index contributed by atoms with van der Waals surface area (Å²) in [5.74, 6) is 0. The van der Waals surface area contributed by atoms with E-state index in [0.717, 1.165) is 44.7 Å². The van der Waals surface area contributed by atoms with Gasteiger partial charge in [0.05, 0.1) is 21.4 Å². The number of benzene rings is 8. The van der Waals surface area contributed by atoms with Crippen molar-refractivity contribution >= 4 is 92.3 Å². The zero-order chi connectivity index (χ0) is 34.2. The summed E-state index contributed by atoms with van der Waals surface area (Å²) in [7, 11) is 0. The Morgan fingerprint density at radius 3 is 1.79 bits per heavy atom. The third-order valence-electron chi connectivity index (χ3n) is 10.4. The molecular formula is C48H30N2OS. The largest absolute Gasteiger partial charge is 0.456 e. The molecule has 3 heterocycles. The smallest absolute Gasteiger partial charge is 0.137 e. The first-order valence-electron chi connectivity index (χ1n) is 17.6. The number of rotatable bonds is 5. The van der Waals surface area contributed by atoms with Crippen molar-refractivity contribution in [3.8, 4) is 16.8 Å². The third-order valence-corrected chi connectivity index (χ3v) is 11.6. The molecule has 3 aromatic heterocycles. The van der Waals surface area contributed by atoms with Gasteiger partial charge in [-0.05, 0) is 71.8 Å². The normalized spacial score (nSPS) is 11.8. The molecule has 3 nitrogen and oxygen atoms in total. The van der Waals surface area contributed by atoms with Crippen LogP contribution in [0.25, 0.3) is 80.7 Å². The molecule has 0 saturated carbocycles. The van der Waals surface area contributed by atoms with E-state index in [1.165, 1.54) is 53.1 Å². The molecule has 0 saturated heterocycles. The van der Waals surface area contributed by atoms with E-state index >= 15 is 0 Å². The van der Waals surface area contributed by atoms with Crippen molar-refractivity contribution in [2.75, 3.05) is 4.90 Å². The van der Waals surface area contributed by atoms with E-state index in [0.29, 0.717) is 0 Å². The van der Waals surface area contributed by atoms with Crippen LogP contribution in [-0.2, 0) is 0 Å². The summed E-state index contributed by atoms with van der Waals surface area (Å²) in [5.41, 5.74) is 10.9. The molecule has 0 aliphatic rings. The van der Waals surface area contributed by atoms with Crippen LogP contribution in [0.5, 0.6) is 0 Å². The number of hydrogen-bond acceptors (Lipinski definition) is 3. The van der Waals surface area contributed by atoms with Crippen LogP contribution in [0.3, 0.4) is 0 Å². The van der Waals surface area contributed by atoms with Crippen molar-refractivity contribution in [3.63, 3.8) is 0 Å². The Morgan fingerprint density at radius 2 is 1.02 bits per heavy atom. The van der Waals surface area contributed by atoms with Gasteiger partial charge in [0, 0.05) is 60.1 Å². The summed E-state index contributed by atoms with van der Waals surface area (Å²) in [6, 6.07) is 65.5. The van der Waals surface area contributed by atoms with Gasteiger partial charge in [0.2, 0.25) is 0 Å². The average molecular weight is 683 g/mol. The maximum Gasteiger partial charge on any atom is 0.137 e. The van der Waals surface area contributed by atoms with Crippen molar-refractivity contribution in [1.82, 2.24) is 4.57 Å². The molecule has 11 rings (SSSR count). The van der Waals surface area contributed by atoms with E-state index in [1.807, 2.05) is 23.5 Å². The minimum atomic E-state index is 0.871. The molecule has 11 aromatic rings. The van der Waals surface area contributed by atoms with E-state index in [1.54, 1.807) is 0 Å². The van der Waals surface area contributed by atoms with Gasteiger partial charge in [-0.15, -0.1) is 11.3 Å². The number of nitrogens with zero attached hydrogens (tertiary/aromatic N) is 2. The first-order valence-corrected chi connectivity index (χ1v) is 18.4. The van der Waals surface area contributed by atoms with Crippen LogP contribution in [0.15, 0.2) is 186 Å². The molecule has 0 unspecified atom stereocenters. The lowest BCUT2D eigenvalue weighted by atomic mass is 10.0. The van der Waals surface area contributed by atoms with Gasteiger partial charge in [0.25, 0.3) is 0 Å². The molecule has 8 aromatic carbocycles. The molecule has 0 amide bonds. The second kappa shape index (κ2) is 11.5. The Hall–Kier alpha value is -6.62. The molecule has 0 fully saturated rings. The molecule has 244 valence electrons. The monoisotopic (exact) mass is 682 g/mol. The highest BCUT2D eigenvalue weighted by molar-refractivity contribution is 7.26. The lowest BCUT2D eigenvalue weighted by molar-refractivity contribution is 0.669. The molecule has 4 heteroatoms. The summed E-state index contributed by atoms with van der Waals surface area (Å²) >= 11 is 1.85. The fourth-order valence-corrected chi connectivity index (χ4v) is 9.19. The number of para-hydroxylation sites is 3. The van der Waals surface area contributed by atoms with E-state index < -0.39 is 0 Å². The number of fused-ring (bicyclic) bond motifs is 9. The summed E-state index contributed by atoms with van der Waals surface area (Å²) in [6.07, 6.45) is 0. The van der Waals surface area contributed by atoms with Crippen molar-refractivity contribution in [3.05, 3.63) is 182 Å². The molecule has 0 spiro atoms. The highest BCUT2D eigenvalue weighted by Crippen LogP contribution is 2.48. The number of furan rings is 1. The van der Waals surface area contributed by atoms with Gasteiger partial charge in [-0.25, -0.2) is 0 Å². The molecule has 0 aliphatic carbocycles. The van der Waals surface area contributed by atoms with E-state index in [2.05, 4.69) is 179 Å². The Balaban J connectivity index is 1.22. The Labute approximate surface area is 303 Å². The fraction of sp³-hybridized carbons (Fsp3) is 0. The number of hydrogen-bond donors (Lipinski definition) is 0. The van der Waals surface area contributed by atoms with Gasteiger partial charge in [0.1, 0.15) is 11.2 Å². The molecule has 52 heavy (non-hydrogen) atoms. The molecule has 0 aliphatic heterocycles. The zero-order valence-corrected chi connectivity index (χ0v) is 28.8. The van der Waals surface area contributed by atoms with Crippen LogP contribution in [0.1, 0.15) is 0 Å². The Kier molecular flexibility index (Phi) is 6.42. The van der Waals surface area contributed by atoms with Gasteiger partial charge < -0.3 is 13.9 Å². The first-order chi connectivity index (χ1) is 25.8. The summed E-state index contributed by atoms with van der Waals surface area (Å²) in [5, 5.41) is 7.24. The second-order valence-corrected chi connectivity index (χ2v) is 14.4. The van der Waals surface area contributed by atoms with Crippen LogP contribution in [0, 0.1) is 0 Å². The van der Waals surface area contributed by atoms with Crippen molar-refractivity contribution in [2.24, 2.45) is 0 Å². The lowest BCUT2D eigenvalue weighted by Crippen LogP contribution is -2.11. The number of anilines is 3. The van der Waals surface area contributed by atoms with Crippen LogP contribution >= 0.6 is 11.3 Å². The molecule has 0 N–H and O–H groups in total. The summed E-state index contributed by atoms with van der Waals surface area (Å²) < 4.78 is 11.4. The summed E-state index contributed by atoms with van der Waals surface area (Å²) in [6.45, 7) is 0. The van der Waals surface area contributed by atoms with Crippen LogP contribution in [-0.4, -0.2) is 4.57 Å². The van der Waals surface area contributed by atoms with Crippen molar-refractivity contribution in [1.29, 1.82) is 0 Å². The van der Waals surface area contributed by atoms with Crippen LogP contribution in [0.2, 0.25) is 0 Å². The van der Waals surface area contributed by atoms with Gasteiger partial charge in [-0.2, -0.15) is 0 Å². The van der Waals surface area contributed by atoms with E-state index in [4.69, 9.17) is 4.42 Å².